The molecule has 29 heavy (non-hydrogen) atoms. The van der Waals surface area contributed by atoms with Crippen molar-refractivity contribution in [3.05, 3.63) is 0 Å². The summed E-state index contributed by atoms with van der Waals surface area (Å²) < 4.78 is 0. The maximum Gasteiger partial charge on any atom is 0.233 e. The monoisotopic (exact) mass is 406 g/mol. The van der Waals surface area contributed by atoms with Gasteiger partial charge in [0.1, 0.15) is 0 Å². The van der Waals surface area contributed by atoms with Gasteiger partial charge >= 0.3 is 0 Å². The predicted molar refractivity (Wildman–Crippen MR) is 121 cm³/mol. The summed E-state index contributed by atoms with van der Waals surface area (Å²) >= 11 is 0. The zero-order chi connectivity index (χ0) is 21.6. The number of carbonyl (C=O) groups is 2. The van der Waals surface area contributed by atoms with E-state index in [0.717, 1.165) is 25.7 Å². The fourth-order valence-electron chi connectivity index (χ4n) is 5.61. The second-order valence-electron chi connectivity index (χ2n) is 10.4. The maximum atomic E-state index is 13.5. The fraction of sp³-hybridized carbons (Fsp3) is 0.920. The van der Waals surface area contributed by atoms with Crippen LogP contribution in [0.25, 0.3) is 0 Å². The summed E-state index contributed by atoms with van der Waals surface area (Å²) in [5, 5.41) is 0. The molecule has 168 valence electrons. The fourth-order valence-corrected chi connectivity index (χ4v) is 5.61. The van der Waals surface area contributed by atoms with Crippen LogP contribution in [0.5, 0.6) is 0 Å². The molecule has 0 bridgehead atoms. The summed E-state index contributed by atoms with van der Waals surface area (Å²) in [5.74, 6) is 0.548. The Morgan fingerprint density at radius 1 is 1.00 bits per heavy atom. The number of unbranched alkanes of at least 4 members (excludes halogenated alkanes) is 5. The summed E-state index contributed by atoms with van der Waals surface area (Å²) in [6, 6.07) is 0.454. The van der Waals surface area contributed by atoms with E-state index in [-0.39, 0.29) is 29.3 Å². The minimum atomic E-state index is -0.0703. The first-order valence-corrected chi connectivity index (χ1v) is 12.3. The van der Waals surface area contributed by atoms with Crippen molar-refractivity contribution in [2.24, 2.45) is 11.8 Å². The average molecular weight is 407 g/mol. The third-order valence-electron chi connectivity index (χ3n) is 7.72. The lowest BCUT2D eigenvalue weighted by atomic mass is 9.81. The van der Waals surface area contributed by atoms with Crippen LogP contribution in [0.15, 0.2) is 0 Å². The Morgan fingerprint density at radius 3 is 2.17 bits per heavy atom. The van der Waals surface area contributed by atoms with E-state index in [9.17, 15) is 9.59 Å². The van der Waals surface area contributed by atoms with Crippen LogP contribution < -0.4 is 0 Å². The molecule has 4 nitrogen and oxygen atoms in total. The normalized spacial score (nSPS) is 28.9. The quantitative estimate of drug-likeness (QED) is 0.322. The molecule has 2 rings (SSSR count). The highest BCUT2D eigenvalue weighted by Crippen LogP contribution is 2.39. The third kappa shape index (κ3) is 6.06. The van der Waals surface area contributed by atoms with Crippen molar-refractivity contribution in [3.63, 3.8) is 0 Å². The van der Waals surface area contributed by atoms with Gasteiger partial charge in [0.05, 0.1) is 5.92 Å². The Balaban J connectivity index is 2.08. The van der Waals surface area contributed by atoms with Gasteiger partial charge in [0.2, 0.25) is 11.8 Å². The number of hydrogen-bond acceptors (Lipinski definition) is 3. The van der Waals surface area contributed by atoms with Gasteiger partial charge in [0.25, 0.3) is 0 Å². The van der Waals surface area contributed by atoms with Crippen molar-refractivity contribution in [3.8, 4) is 0 Å². The Hall–Kier alpha value is -0.900. The third-order valence-corrected chi connectivity index (χ3v) is 7.72. The molecule has 0 aromatic carbocycles. The van der Waals surface area contributed by atoms with Gasteiger partial charge < -0.3 is 0 Å². The topological polar surface area (TPSA) is 40.6 Å². The molecular weight excluding hydrogens is 360 g/mol. The highest BCUT2D eigenvalue weighted by molar-refractivity contribution is 6.04. The number of nitrogens with zero attached hydrogens (tertiary/aromatic N) is 2. The molecule has 4 atom stereocenters. The van der Waals surface area contributed by atoms with Crippen molar-refractivity contribution < 1.29 is 9.59 Å². The highest BCUT2D eigenvalue weighted by Gasteiger charge is 2.48. The van der Waals surface area contributed by atoms with E-state index in [4.69, 9.17) is 0 Å². The van der Waals surface area contributed by atoms with Gasteiger partial charge in [0.15, 0.2) is 0 Å². The van der Waals surface area contributed by atoms with Gasteiger partial charge in [-0.25, -0.2) is 0 Å². The molecule has 0 aliphatic carbocycles. The van der Waals surface area contributed by atoms with Crippen molar-refractivity contribution in [2.75, 3.05) is 7.05 Å². The molecule has 2 heterocycles. The Kier molecular flexibility index (Phi) is 9.18. The van der Waals surface area contributed by atoms with E-state index in [1.165, 1.54) is 44.9 Å². The van der Waals surface area contributed by atoms with Gasteiger partial charge in [-0.3, -0.25) is 19.4 Å². The molecule has 2 fully saturated rings. The highest BCUT2D eigenvalue weighted by atomic mass is 16.2. The summed E-state index contributed by atoms with van der Waals surface area (Å²) in [6.07, 6.45) is 13.0. The van der Waals surface area contributed by atoms with Crippen molar-refractivity contribution >= 4 is 11.8 Å². The molecule has 2 amide bonds. The van der Waals surface area contributed by atoms with Crippen LogP contribution in [-0.2, 0) is 9.59 Å². The molecule has 0 spiro atoms. The second kappa shape index (κ2) is 10.9. The Labute approximate surface area is 179 Å². The number of likely N-dealkylation sites (tertiary alicyclic amines) is 2. The van der Waals surface area contributed by atoms with E-state index in [2.05, 4.69) is 46.6 Å². The summed E-state index contributed by atoms with van der Waals surface area (Å²) in [7, 11) is 2.16. The van der Waals surface area contributed by atoms with Gasteiger partial charge in [0, 0.05) is 24.0 Å². The molecule has 2 aliphatic rings. The first kappa shape index (κ1) is 24.4. The zero-order valence-corrected chi connectivity index (χ0v) is 20.0. The summed E-state index contributed by atoms with van der Waals surface area (Å²) in [4.78, 5) is 30.6. The van der Waals surface area contributed by atoms with Crippen molar-refractivity contribution in [1.29, 1.82) is 0 Å². The molecule has 0 aromatic heterocycles. The lowest BCUT2D eigenvalue weighted by Crippen LogP contribution is -2.58. The zero-order valence-electron chi connectivity index (χ0n) is 20.0. The molecule has 0 aromatic rings. The van der Waals surface area contributed by atoms with Gasteiger partial charge in [-0.1, -0.05) is 58.8 Å². The Morgan fingerprint density at radius 2 is 1.59 bits per heavy atom. The minimum absolute atomic E-state index is 0.0155. The molecular formula is C25H46N2O2. The largest absolute Gasteiger partial charge is 0.298 e. The van der Waals surface area contributed by atoms with Crippen LogP contribution in [0.1, 0.15) is 112 Å². The van der Waals surface area contributed by atoms with E-state index in [1.807, 2.05) is 0 Å². The number of rotatable bonds is 11. The average Bonchev–Trinajstić information content (AvgIpc) is 2.95. The predicted octanol–water partition coefficient (Wildman–Crippen LogP) is 5.79. The van der Waals surface area contributed by atoms with E-state index < -0.39 is 0 Å². The lowest BCUT2D eigenvalue weighted by Gasteiger charge is -2.49. The first-order valence-electron chi connectivity index (χ1n) is 12.3. The molecule has 4 heteroatoms. The minimum Gasteiger partial charge on any atom is -0.298 e. The van der Waals surface area contributed by atoms with Crippen molar-refractivity contribution in [2.45, 2.75) is 129 Å². The summed E-state index contributed by atoms with van der Waals surface area (Å²) in [6.45, 7) is 11.2. The lowest BCUT2D eigenvalue weighted by molar-refractivity contribution is -0.145. The maximum absolute atomic E-state index is 13.5. The van der Waals surface area contributed by atoms with E-state index >= 15 is 0 Å². The number of hydrogen-bond donors (Lipinski definition) is 0. The molecule has 0 N–H and O–H groups in total. The van der Waals surface area contributed by atoms with E-state index in [1.54, 1.807) is 4.90 Å². The smallest absolute Gasteiger partial charge is 0.233 e. The Bertz CT molecular complexity index is 545. The van der Waals surface area contributed by atoms with Gasteiger partial charge in [-0.2, -0.15) is 0 Å². The molecule has 0 radical (unpaired) electrons. The van der Waals surface area contributed by atoms with Gasteiger partial charge in [-0.15, -0.1) is 0 Å². The molecule has 0 saturated carbocycles. The van der Waals surface area contributed by atoms with Crippen LogP contribution in [0.3, 0.4) is 0 Å². The first-order chi connectivity index (χ1) is 13.7. The molecule has 4 unspecified atom stereocenters. The van der Waals surface area contributed by atoms with Crippen LogP contribution in [0, 0.1) is 11.8 Å². The van der Waals surface area contributed by atoms with Crippen LogP contribution in [0.2, 0.25) is 0 Å². The van der Waals surface area contributed by atoms with Crippen LogP contribution >= 0.6 is 0 Å². The number of piperidine rings is 1. The van der Waals surface area contributed by atoms with Crippen molar-refractivity contribution in [1.82, 2.24) is 9.80 Å². The van der Waals surface area contributed by atoms with Crippen LogP contribution in [0.4, 0.5) is 0 Å². The van der Waals surface area contributed by atoms with E-state index in [0.29, 0.717) is 18.4 Å². The molecule has 2 saturated heterocycles. The molecule has 2 aliphatic heterocycles. The SMILES string of the molecule is CCCCCCC(CCCCC)C1CC(=O)N(C2CC(C)N(C)C(C)(C)C2)C1=O. The van der Waals surface area contributed by atoms with Gasteiger partial charge in [-0.05, 0) is 59.4 Å². The second-order valence-corrected chi connectivity index (χ2v) is 10.4. The number of carbonyl (C=O) groups excluding carboxylic acids is 2. The standard InChI is InChI=1S/C25H46N2O2/c1-7-9-11-13-15-20(14-12-10-8-2)22-17-23(28)27(24(22)29)21-16-19(3)26(6)25(4,5)18-21/h19-22H,7-18H2,1-6H3. The van der Waals surface area contributed by atoms with Crippen LogP contribution in [-0.4, -0.2) is 46.3 Å². The number of amides is 2. The number of imide groups is 1. The summed E-state index contributed by atoms with van der Waals surface area (Å²) in [5.41, 5.74) is 0.0155.